The van der Waals surface area contributed by atoms with Gasteiger partial charge in [-0.25, -0.2) is 4.98 Å². The van der Waals surface area contributed by atoms with Gasteiger partial charge in [-0.2, -0.15) is 0 Å². The molecule has 0 amide bonds. The van der Waals surface area contributed by atoms with Gasteiger partial charge in [-0.15, -0.1) is 11.3 Å². The minimum absolute atomic E-state index is 0.0693. The molecule has 2 aliphatic rings. The first-order valence-electron chi connectivity index (χ1n) is 8.09. The molecular formula is C18H18ClNO2S. The Bertz CT molecular complexity index is 719. The molecule has 5 heteroatoms. The maximum Gasteiger partial charge on any atom is 0.307 e. The fourth-order valence-electron chi connectivity index (χ4n) is 3.81. The van der Waals surface area contributed by atoms with Crippen LogP contribution in [0.25, 0.3) is 11.3 Å². The van der Waals surface area contributed by atoms with Crippen LogP contribution in [0.3, 0.4) is 0 Å². The molecule has 1 aliphatic carbocycles. The maximum atomic E-state index is 12.0. The molecule has 2 heterocycles. The van der Waals surface area contributed by atoms with Gasteiger partial charge >= 0.3 is 5.97 Å². The molecule has 1 aromatic carbocycles. The number of ether oxygens (including phenoxy) is 1. The zero-order valence-electron chi connectivity index (χ0n) is 12.8. The first-order valence-corrected chi connectivity index (χ1v) is 9.35. The summed E-state index contributed by atoms with van der Waals surface area (Å²) in [5.41, 5.74) is 1.71. The van der Waals surface area contributed by atoms with Crippen LogP contribution in [-0.2, 0) is 9.53 Å². The predicted molar refractivity (Wildman–Crippen MR) is 91.8 cm³/mol. The van der Waals surface area contributed by atoms with Crippen LogP contribution in [0.1, 0.15) is 49.5 Å². The summed E-state index contributed by atoms with van der Waals surface area (Å²) in [6.45, 7) is 0. The van der Waals surface area contributed by atoms with Crippen LogP contribution in [0, 0.1) is 0 Å². The van der Waals surface area contributed by atoms with Crippen LogP contribution in [0.5, 0.6) is 0 Å². The number of carbonyl (C=O) groups excluding carboxylic acids is 1. The van der Waals surface area contributed by atoms with Crippen molar-refractivity contribution in [1.29, 1.82) is 0 Å². The Labute approximate surface area is 144 Å². The van der Waals surface area contributed by atoms with Crippen molar-refractivity contribution in [3.8, 4) is 11.3 Å². The standard InChI is InChI=1S/C18H18ClNO2S/c19-13-6-4-12(5-7-13)15-11-23-17(20-15)14-10-16(21)22-18(14)8-2-1-3-9-18/h4-7,11,14H,1-3,8-10H2. The zero-order valence-corrected chi connectivity index (χ0v) is 14.3. The summed E-state index contributed by atoms with van der Waals surface area (Å²) in [6, 6.07) is 7.71. The quantitative estimate of drug-likeness (QED) is 0.701. The summed E-state index contributed by atoms with van der Waals surface area (Å²) in [5, 5.41) is 3.82. The molecule has 2 fully saturated rings. The number of aromatic nitrogens is 1. The minimum Gasteiger partial charge on any atom is -0.458 e. The Morgan fingerprint density at radius 3 is 2.65 bits per heavy atom. The number of hydrogen-bond acceptors (Lipinski definition) is 4. The molecule has 1 saturated carbocycles. The summed E-state index contributed by atoms with van der Waals surface area (Å²) in [4.78, 5) is 16.8. The summed E-state index contributed by atoms with van der Waals surface area (Å²) in [7, 11) is 0. The Morgan fingerprint density at radius 1 is 1.17 bits per heavy atom. The van der Waals surface area contributed by atoms with E-state index < -0.39 is 0 Å². The topological polar surface area (TPSA) is 39.2 Å². The van der Waals surface area contributed by atoms with E-state index >= 15 is 0 Å². The lowest BCUT2D eigenvalue weighted by Crippen LogP contribution is -2.36. The van der Waals surface area contributed by atoms with E-state index in [1.54, 1.807) is 11.3 Å². The number of nitrogens with zero attached hydrogens (tertiary/aromatic N) is 1. The van der Waals surface area contributed by atoms with Gasteiger partial charge in [0, 0.05) is 16.0 Å². The van der Waals surface area contributed by atoms with Gasteiger partial charge in [0.2, 0.25) is 0 Å². The second-order valence-corrected chi connectivity index (χ2v) is 7.76. The number of halogens is 1. The Hall–Kier alpha value is -1.39. The average Bonchev–Trinajstić information content (AvgIpc) is 3.14. The fraction of sp³-hybridized carbons (Fsp3) is 0.444. The molecule has 1 spiro atoms. The summed E-state index contributed by atoms with van der Waals surface area (Å²) in [6.07, 6.45) is 5.92. The summed E-state index contributed by atoms with van der Waals surface area (Å²) in [5.74, 6) is 0.0430. The highest BCUT2D eigenvalue weighted by molar-refractivity contribution is 7.10. The SMILES string of the molecule is O=C1CC(c2nc(-c3ccc(Cl)cc3)cs2)C2(CCCCC2)O1. The van der Waals surface area contributed by atoms with Crippen LogP contribution >= 0.6 is 22.9 Å². The Morgan fingerprint density at radius 2 is 1.91 bits per heavy atom. The maximum absolute atomic E-state index is 12.0. The van der Waals surface area contributed by atoms with Gasteiger partial charge in [-0.1, -0.05) is 30.2 Å². The number of hydrogen-bond donors (Lipinski definition) is 0. The van der Waals surface area contributed by atoms with Gasteiger partial charge in [0.15, 0.2) is 0 Å². The molecule has 1 aliphatic heterocycles. The van der Waals surface area contributed by atoms with Crippen LogP contribution < -0.4 is 0 Å². The van der Waals surface area contributed by atoms with Crippen LogP contribution in [-0.4, -0.2) is 16.6 Å². The summed E-state index contributed by atoms with van der Waals surface area (Å²) < 4.78 is 5.80. The first-order chi connectivity index (χ1) is 11.2. The molecular weight excluding hydrogens is 330 g/mol. The molecule has 1 unspecified atom stereocenters. The number of thiazole rings is 1. The molecule has 2 aromatic rings. The monoisotopic (exact) mass is 347 g/mol. The van der Waals surface area contributed by atoms with Crippen molar-refractivity contribution in [3.63, 3.8) is 0 Å². The van der Waals surface area contributed by atoms with E-state index in [-0.39, 0.29) is 17.5 Å². The van der Waals surface area contributed by atoms with E-state index in [4.69, 9.17) is 21.3 Å². The molecule has 4 rings (SSSR count). The lowest BCUT2D eigenvalue weighted by molar-refractivity contribution is -0.151. The molecule has 1 saturated heterocycles. The van der Waals surface area contributed by atoms with Crippen molar-refractivity contribution >= 4 is 28.9 Å². The second kappa shape index (κ2) is 5.91. The smallest absolute Gasteiger partial charge is 0.307 e. The van der Waals surface area contributed by atoms with Gasteiger partial charge in [-0.05, 0) is 37.8 Å². The highest BCUT2D eigenvalue weighted by atomic mass is 35.5. The third kappa shape index (κ3) is 2.79. The second-order valence-electron chi connectivity index (χ2n) is 6.43. The molecule has 1 atom stereocenters. The van der Waals surface area contributed by atoms with Crippen molar-refractivity contribution in [2.75, 3.05) is 0 Å². The van der Waals surface area contributed by atoms with E-state index in [2.05, 4.69) is 5.38 Å². The molecule has 0 radical (unpaired) electrons. The van der Waals surface area contributed by atoms with Crippen molar-refractivity contribution in [2.24, 2.45) is 0 Å². The number of esters is 1. The van der Waals surface area contributed by atoms with E-state index in [0.717, 1.165) is 47.0 Å². The van der Waals surface area contributed by atoms with Crippen molar-refractivity contribution in [1.82, 2.24) is 4.98 Å². The zero-order chi connectivity index (χ0) is 15.9. The molecule has 0 N–H and O–H groups in total. The highest BCUT2D eigenvalue weighted by Gasteiger charge is 2.51. The van der Waals surface area contributed by atoms with Crippen LogP contribution in [0.4, 0.5) is 0 Å². The first kappa shape index (κ1) is 15.2. The van der Waals surface area contributed by atoms with E-state index in [9.17, 15) is 4.79 Å². The Balaban J connectivity index is 1.65. The lowest BCUT2D eigenvalue weighted by atomic mass is 9.76. The van der Waals surface area contributed by atoms with E-state index in [1.807, 2.05) is 24.3 Å². The third-order valence-electron chi connectivity index (χ3n) is 4.98. The van der Waals surface area contributed by atoms with E-state index in [0.29, 0.717) is 6.42 Å². The number of benzene rings is 1. The van der Waals surface area contributed by atoms with Crippen molar-refractivity contribution < 1.29 is 9.53 Å². The molecule has 3 nitrogen and oxygen atoms in total. The van der Waals surface area contributed by atoms with Gasteiger partial charge < -0.3 is 4.74 Å². The normalized spacial score (nSPS) is 23.2. The van der Waals surface area contributed by atoms with Crippen LogP contribution in [0.2, 0.25) is 5.02 Å². The summed E-state index contributed by atoms with van der Waals surface area (Å²) >= 11 is 7.59. The average molecular weight is 348 g/mol. The lowest BCUT2D eigenvalue weighted by Gasteiger charge is -2.35. The predicted octanol–water partition coefficient (Wildman–Crippen LogP) is 5.20. The molecule has 0 bridgehead atoms. The minimum atomic E-state index is -0.301. The van der Waals surface area contributed by atoms with Gasteiger partial charge in [0.25, 0.3) is 0 Å². The molecule has 120 valence electrons. The highest BCUT2D eigenvalue weighted by Crippen LogP contribution is 2.50. The largest absolute Gasteiger partial charge is 0.458 e. The third-order valence-corrected chi connectivity index (χ3v) is 6.19. The van der Waals surface area contributed by atoms with Gasteiger partial charge in [0.05, 0.1) is 18.0 Å². The molecule has 23 heavy (non-hydrogen) atoms. The Kier molecular flexibility index (Phi) is 3.90. The number of carbonyl (C=O) groups is 1. The fourth-order valence-corrected chi connectivity index (χ4v) is 4.97. The van der Waals surface area contributed by atoms with Crippen LogP contribution in [0.15, 0.2) is 29.6 Å². The van der Waals surface area contributed by atoms with Gasteiger partial charge in [0.1, 0.15) is 10.6 Å². The van der Waals surface area contributed by atoms with E-state index in [1.165, 1.54) is 6.42 Å². The van der Waals surface area contributed by atoms with Gasteiger partial charge in [-0.3, -0.25) is 4.79 Å². The van der Waals surface area contributed by atoms with Crippen molar-refractivity contribution in [2.45, 2.75) is 50.0 Å². The number of rotatable bonds is 2. The molecule has 1 aromatic heterocycles. The van der Waals surface area contributed by atoms with Crippen molar-refractivity contribution in [3.05, 3.63) is 39.7 Å².